The molecule has 0 unspecified atom stereocenters. The van der Waals surface area contributed by atoms with Crippen LogP contribution in [0.2, 0.25) is 5.02 Å². The van der Waals surface area contributed by atoms with Crippen molar-refractivity contribution in [3.05, 3.63) is 64.7 Å². The molecule has 0 radical (unpaired) electrons. The zero-order valence-electron chi connectivity index (χ0n) is 15.4. The number of hydrogen-bond acceptors (Lipinski definition) is 4. The molecule has 28 heavy (non-hydrogen) atoms. The Labute approximate surface area is 167 Å². The fourth-order valence-electron chi connectivity index (χ4n) is 2.41. The number of carbonyl (C=O) groups excluding carboxylic acids is 2. The van der Waals surface area contributed by atoms with E-state index in [4.69, 9.17) is 16.3 Å². The van der Waals surface area contributed by atoms with Gasteiger partial charge in [0.05, 0.1) is 0 Å². The molecular weight excluding hydrogens is 384 g/mol. The Kier molecular flexibility index (Phi) is 7.40. The van der Waals surface area contributed by atoms with E-state index in [2.05, 4.69) is 10.6 Å². The fraction of sp³-hybridized carbons (Fsp3) is 0.250. The molecular formula is C20H21ClN2O5. The van der Waals surface area contributed by atoms with Gasteiger partial charge in [-0.25, -0.2) is 9.59 Å². The van der Waals surface area contributed by atoms with Crippen LogP contribution in [0, 0.1) is 5.92 Å². The first-order valence-corrected chi connectivity index (χ1v) is 8.96. The minimum atomic E-state index is -1.13. The highest BCUT2D eigenvalue weighted by molar-refractivity contribution is 6.31. The lowest BCUT2D eigenvalue weighted by Crippen LogP contribution is -2.44. The molecule has 1 atom stereocenters. The third-order valence-corrected chi connectivity index (χ3v) is 4.06. The second-order valence-electron chi connectivity index (χ2n) is 6.45. The van der Waals surface area contributed by atoms with Gasteiger partial charge in [0.1, 0.15) is 12.6 Å². The van der Waals surface area contributed by atoms with E-state index in [9.17, 15) is 19.5 Å². The number of aliphatic carboxylic acids is 1. The summed E-state index contributed by atoms with van der Waals surface area (Å²) in [7, 11) is 0. The van der Waals surface area contributed by atoms with Crippen molar-refractivity contribution in [2.75, 3.05) is 5.32 Å². The van der Waals surface area contributed by atoms with Crippen LogP contribution in [-0.2, 0) is 16.1 Å². The minimum Gasteiger partial charge on any atom is -0.480 e. The van der Waals surface area contributed by atoms with Crippen LogP contribution in [0.4, 0.5) is 10.5 Å². The van der Waals surface area contributed by atoms with Crippen molar-refractivity contribution in [1.29, 1.82) is 0 Å². The summed E-state index contributed by atoms with van der Waals surface area (Å²) in [5.74, 6) is -2.04. The molecule has 8 heteroatoms. The Morgan fingerprint density at radius 2 is 1.79 bits per heavy atom. The predicted octanol–water partition coefficient (Wildman–Crippen LogP) is 3.93. The van der Waals surface area contributed by atoms with Crippen molar-refractivity contribution in [1.82, 2.24) is 5.32 Å². The summed E-state index contributed by atoms with van der Waals surface area (Å²) < 4.78 is 5.13. The molecule has 2 aromatic rings. The lowest BCUT2D eigenvalue weighted by Gasteiger charge is -2.18. The van der Waals surface area contributed by atoms with Crippen LogP contribution >= 0.6 is 11.6 Å². The van der Waals surface area contributed by atoms with Crippen molar-refractivity contribution in [2.45, 2.75) is 26.5 Å². The first-order chi connectivity index (χ1) is 13.3. The van der Waals surface area contributed by atoms with Gasteiger partial charge in [0.2, 0.25) is 0 Å². The van der Waals surface area contributed by atoms with Crippen LogP contribution in [0.3, 0.4) is 0 Å². The Morgan fingerprint density at radius 3 is 2.39 bits per heavy atom. The molecule has 148 valence electrons. The number of benzene rings is 2. The molecule has 0 aliphatic carbocycles. The SMILES string of the molecule is CC(C)[C@H](NC(=O)c1cc(Cl)cc(NC(=O)OCc2ccccc2)c1)C(=O)O. The van der Waals surface area contributed by atoms with Gasteiger partial charge in [-0.3, -0.25) is 10.1 Å². The lowest BCUT2D eigenvalue weighted by atomic mass is 10.0. The summed E-state index contributed by atoms with van der Waals surface area (Å²) in [4.78, 5) is 35.6. The molecule has 0 bridgehead atoms. The number of carboxylic acids is 1. The maximum absolute atomic E-state index is 12.4. The molecule has 0 heterocycles. The Morgan fingerprint density at radius 1 is 1.11 bits per heavy atom. The minimum absolute atomic E-state index is 0.0925. The highest BCUT2D eigenvalue weighted by atomic mass is 35.5. The molecule has 2 aromatic carbocycles. The number of amides is 2. The average molecular weight is 405 g/mol. The van der Waals surface area contributed by atoms with Crippen molar-refractivity contribution >= 4 is 35.3 Å². The van der Waals surface area contributed by atoms with Gasteiger partial charge in [-0.2, -0.15) is 0 Å². The van der Waals surface area contributed by atoms with Crippen LogP contribution < -0.4 is 10.6 Å². The highest BCUT2D eigenvalue weighted by Crippen LogP contribution is 2.20. The smallest absolute Gasteiger partial charge is 0.411 e. The molecule has 0 saturated heterocycles. The molecule has 3 N–H and O–H groups in total. The van der Waals surface area contributed by atoms with Gasteiger partial charge in [0.25, 0.3) is 5.91 Å². The number of halogens is 1. The summed E-state index contributed by atoms with van der Waals surface area (Å²) in [5, 5.41) is 14.4. The standard InChI is InChI=1S/C20H21ClN2O5/c1-12(2)17(19(25)26)23-18(24)14-8-15(21)10-16(9-14)22-20(27)28-11-13-6-4-3-5-7-13/h3-10,12,17H,11H2,1-2H3,(H,22,27)(H,23,24)(H,25,26)/t17-/m0/s1. The maximum atomic E-state index is 12.4. The third kappa shape index (κ3) is 6.28. The zero-order valence-corrected chi connectivity index (χ0v) is 16.2. The molecule has 0 aliphatic rings. The Bertz CT molecular complexity index is 855. The summed E-state index contributed by atoms with van der Waals surface area (Å²) >= 11 is 6.02. The fourth-order valence-corrected chi connectivity index (χ4v) is 2.64. The van der Waals surface area contributed by atoms with Gasteiger partial charge in [-0.05, 0) is 29.7 Å². The topological polar surface area (TPSA) is 105 Å². The van der Waals surface area contributed by atoms with Gasteiger partial charge >= 0.3 is 12.1 Å². The van der Waals surface area contributed by atoms with E-state index in [1.807, 2.05) is 30.3 Å². The normalized spacial score (nSPS) is 11.6. The van der Waals surface area contributed by atoms with Crippen LogP contribution in [0.15, 0.2) is 48.5 Å². The molecule has 0 spiro atoms. The number of hydrogen-bond donors (Lipinski definition) is 3. The van der Waals surface area contributed by atoms with E-state index in [-0.39, 0.29) is 28.8 Å². The Hall–Kier alpha value is -3.06. The van der Waals surface area contributed by atoms with Gasteiger partial charge in [-0.1, -0.05) is 55.8 Å². The van der Waals surface area contributed by atoms with Gasteiger partial charge in [-0.15, -0.1) is 0 Å². The van der Waals surface area contributed by atoms with Crippen molar-refractivity contribution < 1.29 is 24.2 Å². The van der Waals surface area contributed by atoms with E-state index in [0.717, 1.165) is 5.56 Å². The first-order valence-electron chi connectivity index (χ1n) is 8.58. The molecule has 0 aliphatic heterocycles. The average Bonchev–Trinajstić information content (AvgIpc) is 2.64. The number of ether oxygens (including phenoxy) is 1. The summed E-state index contributed by atoms with van der Waals surface area (Å²) in [6.45, 7) is 3.47. The van der Waals surface area contributed by atoms with Crippen molar-refractivity contribution in [3.63, 3.8) is 0 Å². The maximum Gasteiger partial charge on any atom is 0.411 e. The van der Waals surface area contributed by atoms with Crippen molar-refractivity contribution in [2.24, 2.45) is 5.92 Å². The highest BCUT2D eigenvalue weighted by Gasteiger charge is 2.24. The van der Waals surface area contributed by atoms with Crippen LogP contribution in [-0.4, -0.2) is 29.1 Å². The molecule has 0 aromatic heterocycles. The summed E-state index contributed by atoms with van der Waals surface area (Å²) in [6.07, 6.45) is -0.705. The van der Waals surface area contributed by atoms with E-state index < -0.39 is 24.0 Å². The largest absolute Gasteiger partial charge is 0.480 e. The van der Waals surface area contributed by atoms with E-state index in [1.54, 1.807) is 13.8 Å². The molecule has 2 amide bonds. The van der Waals surface area contributed by atoms with Gasteiger partial charge < -0.3 is 15.2 Å². The zero-order chi connectivity index (χ0) is 20.7. The number of anilines is 1. The van der Waals surface area contributed by atoms with Gasteiger partial charge in [0.15, 0.2) is 0 Å². The first kappa shape index (κ1) is 21.2. The lowest BCUT2D eigenvalue weighted by molar-refractivity contribution is -0.140. The van der Waals surface area contributed by atoms with Crippen molar-refractivity contribution in [3.8, 4) is 0 Å². The van der Waals surface area contributed by atoms with E-state index >= 15 is 0 Å². The molecule has 7 nitrogen and oxygen atoms in total. The van der Waals surface area contributed by atoms with E-state index in [0.29, 0.717) is 0 Å². The van der Waals surface area contributed by atoms with Crippen LogP contribution in [0.1, 0.15) is 29.8 Å². The molecule has 0 saturated carbocycles. The summed E-state index contributed by atoms with van der Waals surface area (Å²) in [5.41, 5.74) is 1.21. The number of rotatable bonds is 7. The number of nitrogens with one attached hydrogen (secondary N) is 2. The Balaban J connectivity index is 2.04. The number of carboxylic acid groups (broad SMARTS) is 1. The monoisotopic (exact) mass is 404 g/mol. The summed E-state index contributed by atoms with van der Waals surface area (Å²) in [6, 6.07) is 12.4. The van der Waals surface area contributed by atoms with Gasteiger partial charge in [0, 0.05) is 16.3 Å². The van der Waals surface area contributed by atoms with E-state index in [1.165, 1.54) is 18.2 Å². The molecule has 0 fully saturated rings. The second kappa shape index (κ2) is 9.75. The third-order valence-electron chi connectivity index (χ3n) is 3.84. The second-order valence-corrected chi connectivity index (χ2v) is 6.89. The predicted molar refractivity (Wildman–Crippen MR) is 105 cm³/mol. The quantitative estimate of drug-likeness (QED) is 0.648. The molecule has 2 rings (SSSR count). The number of carbonyl (C=O) groups is 3. The van der Waals surface area contributed by atoms with Crippen LogP contribution in [0.25, 0.3) is 0 Å². The van der Waals surface area contributed by atoms with Crippen LogP contribution in [0.5, 0.6) is 0 Å².